The fourth-order valence-corrected chi connectivity index (χ4v) is 1.94. The largest absolute Gasteiger partial charge is 0.393 e. The molecule has 0 aromatic heterocycles. The molecule has 1 aromatic rings. The number of hydrogen-bond acceptors (Lipinski definition) is 2. The summed E-state index contributed by atoms with van der Waals surface area (Å²) in [5.74, 6) is -0.265. The predicted octanol–water partition coefficient (Wildman–Crippen LogP) is 2.67. The van der Waals surface area contributed by atoms with Crippen molar-refractivity contribution in [2.75, 3.05) is 13.1 Å². The smallest absolute Gasteiger partial charge is 0.227 e. The first-order valence-electron chi connectivity index (χ1n) is 6.83. The van der Waals surface area contributed by atoms with Crippen LogP contribution in [0.4, 0.5) is 4.39 Å². The van der Waals surface area contributed by atoms with Crippen molar-refractivity contribution in [1.82, 2.24) is 4.90 Å². The quantitative estimate of drug-likeness (QED) is 0.750. The lowest BCUT2D eigenvalue weighted by Crippen LogP contribution is -2.35. The van der Waals surface area contributed by atoms with Crippen LogP contribution in [0.5, 0.6) is 0 Å². The summed E-state index contributed by atoms with van der Waals surface area (Å²) in [5, 5.41) is 0. The molecule has 0 saturated carbocycles. The van der Waals surface area contributed by atoms with Gasteiger partial charge < -0.3 is 10.6 Å². The number of amides is 1. The Morgan fingerprint density at radius 1 is 1.30 bits per heavy atom. The van der Waals surface area contributed by atoms with Crippen LogP contribution in [0.15, 0.2) is 24.3 Å². The SMILES string of the molecule is CCCCN(CCC(N)=S)C(=O)Cc1ccc(F)cc1. The third kappa shape index (κ3) is 6.10. The second-order valence-corrected chi connectivity index (χ2v) is 5.28. The highest BCUT2D eigenvalue weighted by Gasteiger charge is 2.13. The molecule has 0 spiro atoms. The highest BCUT2D eigenvalue weighted by Crippen LogP contribution is 2.07. The maximum absolute atomic E-state index is 12.8. The predicted molar refractivity (Wildman–Crippen MR) is 83.0 cm³/mol. The summed E-state index contributed by atoms with van der Waals surface area (Å²) < 4.78 is 12.8. The second-order valence-electron chi connectivity index (χ2n) is 4.75. The molecular formula is C15H21FN2OS. The van der Waals surface area contributed by atoms with E-state index in [2.05, 4.69) is 6.92 Å². The third-order valence-electron chi connectivity index (χ3n) is 3.03. The molecule has 3 nitrogen and oxygen atoms in total. The fourth-order valence-electron chi connectivity index (χ4n) is 1.84. The Kier molecular flexibility index (Phi) is 7.15. The van der Waals surface area contributed by atoms with Crippen molar-refractivity contribution in [3.8, 4) is 0 Å². The second kappa shape index (κ2) is 8.64. The molecule has 0 saturated heterocycles. The zero-order chi connectivity index (χ0) is 15.0. The van der Waals surface area contributed by atoms with E-state index in [1.807, 2.05) is 0 Å². The van der Waals surface area contributed by atoms with Gasteiger partial charge in [0.25, 0.3) is 0 Å². The standard InChI is InChI=1S/C15H21FN2OS/c1-2-3-9-18(10-8-14(17)20)15(19)11-12-4-6-13(16)7-5-12/h4-7H,2-3,8-11H2,1H3,(H2,17,20). The number of nitrogens with zero attached hydrogens (tertiary/aromatic N) is 1. The summed E-state index contributed by atoms with van der Waals surface area (Å²) in [6.45, 7) is 3.34. The lowest BCUT2D eigenvalue weighted by molar-refractivity contribution is -0.130. The first kappa shape index (κ1) is 16.6. The van der Waals surface area contributed by atoms with E-state index < -0.39 is 0 Å². The first-order valence-corrected chi connectivity index (χ1v) is 7.24. The van der Waals surface area contributed by atoms with Crippen molar-refractivity contribution < 1.29 is 9.18 Å². The number of benzene rings is 1. The molecule has 0 aliphatic carbocycles. The van der Waals surface area contributed by atoms with Gasteiger partial charge in [0.05, 0.1) is 11.4 Å². The molecule has 1 rings (SSSR count). The van der Waals surface area contributed by atoms with Crippen molar-refractivity contribution in [1.29, 1.82) is 0 Å². The minimum absolute atomic E-state index is 0.0290. The lowest BCUT2D eigenvalue weighted by Gasteiger charge is -2.22. The van der Waals surface area contributed by atoms with Gasteiger partial charge in [-0.05, 0) is 24.1 Å². The van der Waals surface area contributed by atoms with E-state index in [9.17, 15) is 9.18 Å². The summed E-state index contributed by atoms with van der Waals surface area (Å²) in [5.41, 5.74) is 6.30. The summed E-state index contributed by atoms with van der Waals surface area (Å²) in [7, 11) is 0. The molecule has 0 fully saturated rings. The Morgan fingerprint density at radius 2 is 1.95 bits per heavy atom. The molecule has 1 aromatic carbocycles. The topological polar surface area (TPSA) is 46.3 Å². The maximum Gasteiger partial charge on any atom is 0.227 e. The van der Waals surface area contributed by atoms with Crippen LogP contribution in [0.3, 0.4) is 0 Å². The molecule has 0 radical (unpaired) electrons. The molecule has 0 aliphatic rings. The van der Waals surface area contributed by atoms with Gasteiger partial charge in [0, 0.05) is 19.5 Å². The van der Waals surface area contributed by atoms with Crippen LogP contribution in [0.25, 0.3) is 0 Å². The van der Waals surface area contributed by atoms with Gasteiger partial charge in [-0.2, -0.15) is 0 Å². The minimum atomic E-state index is -0.294. The van der Waals surface area contributed by atoms with E-state index in [0.717, 1.165) is 18.4 Å². The molecule has 1 amide bonds. The molecular weight excluding hydrogens is 275 g/mol. The number of rotatable bonds is 8. The molecule has 5 heteroatoms. The highest BCUT2D eigenvalue weighted by atomic mass is 32.1. The van der Waals surface area contributed by atoms with E-state index in [0.29, 0.717) is 24.5 Å². The Hall–Kier alpha value is -1.49. The van der Waals surface area contributed by atoms with Crippen molar-refractivity contribution in [2.24, 2.45) is 5.73 Å². The molecule has 110 valence electrons. The van der Waals surface area contributed by atoms with Gasteiger partial charge in [-0.25, -0.2) is 4.39 Å². The molecule has 0 heterocycles. The fraction of sp³-hybridized carbons (Fsp3) is 0.467. The molecule has 0 aliphatic heterocycles. The number of nitrogens with two attached hydrogens (primary N) is 1. The molecule has 0 atom stereocenters. The molecule has 0 bridgehead atoms. The summed E-state index contributed by atoms with van der Waals surface area (Å²) in [6, 6.07) is 6.01. The number of unbranched alkanes of at least 4 members (excludes halogenated alkanes) is 1. The Labute approximate surface area is 125 Å². The van der Waals surface area contributed by atoms with Crippen LogP contribution in [0.2, 0.25) is 0 Å². The zero-order valence-electron chi connectivity index (χ0n) is 11.8. The van der Waals surface area contributed by atoms with Crippen molar-refractivity contribution in [2.45, 2.75) is 32.6 Å². The number of carbonyl (C=O) groups excluding carboxylic acids is 1. The van der Waals surface area contributed by atoms with Gasteiger partial charge in [0.2, 0.25) is 5.91 Å². The summed E-state index contributed by atoms with van der Waals surface area (Å²) in [6.07, 6.45) is 2.79. The van der Waals surface area contributed by atoms with Gasteiger partial charge in [0.1, 0.15) is 5.82 Å². The van der Waals surface area contributed by atoms with Gasteiger partial charge in [-0.15, -0.1) is 0 Å². The Balaban J connectivity index is 2.61. The minimum Gasteiger partial charge on any atom is -0.393 e. The van der Waals surface area contributed by atoms with Gasteiger partial charge in [-0.1, -0.05) is 37.7 Å². The summed E-state index contributed by atoms with van der Waals surface area (Å²) in [4.78, 5) is 14.5. The number of thiocarbonyl (C=S) groups is 1. The van der Waals surface area contributed by atoms with Crippen molar-refractivity contribution >= 4 is 23.1 Å². The van der Waals surface area contributed by atoms with Crippen LogP contribution >= 0.6 is 12.2 Å². The van der Waals surface area contributed by atoms with Crippen LogP contribution in [0, 0.1) is 5.82 Å². The monoisotopic (exact) mass is 296 g/mol. The van der Waals surface area contributed by atoms with E-state index >= 15 is 0 Å². The average molecular weight is 296 g/mol. The Bertz CT molecular complexity index is 448. The molecule has 20 heavy (non-hydrogen) atoms. The van der Waals surface area contributed by atoms with E-state index in [4.69, 9.17) is 18.0 Å². The van der Waals surface area contributed by atoms with E-state index in [1.54, 1.807) is 17.0 Å². The first-order chi connectivity index (χ1) is 9.52. The maximum atomic E-state index is 12.8. The third-order valence-corrected chi connectivity index (χ3v) is 3.24. The lowest BCUT2D eigenvalue weighted by atomic mass is 10.1. The Morgan fingerprint density at radius 3 is 2.50 bits per heavy atom. The van der Waals surface area contributed by atoms with Gasteiger partial charge >= 0.3 is 0 Å². The van der Waals surface area contributed by atoms with Crippen LogP contribution < -0.4 is 5.73 Å². The zero-order valence-corrected chi connectivity index (χ0v) is 12.6. The molecule has 2 N–H and O–H groups in total. The van der Waals surface area contributed by atoms with E-state index in [-0.39, 0.29) is 18.1 Å². The highest BCUT2D eigenvalue weighted by molar-refractivity contribution is 7.80. The van der Waals surface area contributed by atoms with Crippen molar-refractivity contribution in [3.05, 3.63) is 35.6 Å². The summed E-state index contributed by atoms with van der Waals surface area (Å²) >= 11 is 4.86. The van der Waals surface area contributed by atoms with Crippen LogP contribution in [-0.2, 0) is 11.2 Å². The number of hydrogen-bond donors (Lipinski definition) is 1. The normalized spacial score (nSPS) is 10.3. The molecule has 0 unspecified atom stereocenters. The van der Waals surface area contributed by atoms with Crippen LogP contribution in [0.1, 0.15) is 31.7 Å². The number of carbonyl (C=O) groups is 1. The number of halogens is 1. The van der Waals surface area contributed by atoms with Crippen molar-refractivity contribution in [3.63, 3.8) is 0 Å². The van der Waals surface area contributed by atoms with Crippen LogP contribution in [-0.4, -0.2) is 28.9 Å². The van der Waals surface area contributed by atoms with Gasteiger partial charge in [0.15, 0.2) is 0 Å². The van der Waals surface area contributed by atoms with E-state index in [1.165, 1.54) is 12.1 Å². The average Bonchev–Trinajstić information content (AvgIpc) is 2.41. The van der Waals surface area contributed by atoms with Gasteiger partial charge in [-0.3, -0.25) is 4.79 Å².